The van der Waals surface area contributed by atoms with E-state index in [1.807, 2.05) is 0 Å². The molecule has 0 radical (unpaired) electrons. The van der Waals surface area contributed by atoms with Crippen molar-refractivity contribution in [2.45, 2.75) is 19.4 Å². The molecule has 1 N–H and O–H groups in total. The van der Waals surface area contributed by atoms with Gasteiger partial charge in [-0.3, -0.25) is 14.3 Å². The van der Waals surface area contributed by atoms with E-state index in [4.69, 9.17) is 14.2 Å². The molecule has 1 fully saturated rings. The summed E-state index contributed by atoms with van der Waals surface area (Å²) in [4.78, 5) is 43.2. The number of pyridine rings is 1. The van der Waals surface area contributed by atoms with Gasteiger partial charge in [-0.2, -0.15) is 4.98 Å². The number of nitrogens with one attached hydrogen (secondary N) is 1. The summed E-state index contributed by atoms with van der Waals surface area (Å²) < 4.78 is 21.5. The van der Waals surface area contributed by atoms with Crippen molar-refractivity contribution in [3.05, 3.63) is 52.8 Å². The van der Waals surface area contributed by atoms with E-state index in [0.29, 0.717) is 5.56 Å². The number of hydrogen-bond acceptors (Lipinski definition) is 9. The van der Waals surface area contributed by atoms with Gasteiger partial charge < -0.3 is 24.3 Å². The topological polar surface area (TPSA) is 131 Å². The summed E-state index contributed by atoms with van der Waals surface area (Å²) in [6, 6.07) is 4.67. The van der Waals surface area contributed by atoms with Crippen LogP contribution in [0.4, 0.5) is 10.6 Å². The first-order valence-electron chi connectivity index (χ1n) is 8.44. The van der Waals surface area contributed by atoms with Crippen molar-refractivity contribution >= 4 is 17.9 Å². The molecular formula is C17H18N4O7. The van der Waals surface area contributed by atoms with Gasteiger partial charge in [0.15, 0.2) is 12.5 Å². The number of anilines is 1. The van der Waals surface area contributed by atoms with Crippen molar-refractivity contribution in [1.82, 2.24) is 14.5 Å². The summed E-state index contributed by atoms with van der Waals surface area (Å²) in [5.74, 6) is -0.342. The molecule has 2 aromatic rings. The Bertz CT molecular complexity index is 887. The summed E-state index contributed by atoms with van der Waals surface area (Å²) >= 11 is 0. The summed E-state index contributed by atoms with van der Waals surface area (Å²) in [6.45, 7) is 1.75. The Morgan fingerprint density at radius 3 is 2.93 bits per heavy atom. The maximum Gasteiger partial charge on any atom is 0.508 e. The summed E-state index contributed by atoms with van der Waals surface area (Å²) in [5, 5.41) is 2.52. The predicted molar refractivity (Wildman–Crippen MR) is 93.5 cm³/mol. The van der Waals surface area contributed by atoms with Crippen LogP contribution in [0.1, 0.15) is 23.5 Å². The maximum absolute atomic E-state index is 12.3. The second kappa shape index (κ2) is 9.06. The molecule has 11 heteroatoms. The van der Waals surface area contributed by atoms with Gasteiger partial charge in [-0.05, 0) is 25.1 Å². The van der Waals surface area contributed by atoms with Crippen LogP contribution in [0.3, 0.4) is 0 Å². The molecule has 3 heterocycles. The maximum atomic E-state index is 12.3. The zero-order valence-corrected chi connectivity index (χ0v) is 14.9. The molecule has 11 nitrogen and oxygen atoms in total. The zero-order valence-electron chi connectivity index (χ0n) is 14.9. The number of nitrogens with zero attached hydrogens (tertiary/aromatic N) is 3. The van der Waals surface area contributed by atoms with E-state index < -0.39 is 30.3 Å². The number of hydrogen-bond donors (Lipinski definition) is 1. The summed E-state index contributed by atoms with van der Waals surface area (Å²) in [5.41, 5.74) is -0.296. The Hall–Kier alpha value is -3.31. The van der Waals surface area contributed by atoms with Crippen LogP contribution in [0.25, 0.3) is 0 Å². The monoisotopic (exact) mass is 390 g/mol. The molecule has 2 aromatic heterocycles. The van der Waals surface area contributed by atoms with Gasteiger partial charge in [0.2, 0.25) is 0 Å². The van der Waals surface area contributed by atoms with Gasteiger partial charge in [-0.25, -0.2) is 9.59 Å². The lowest BCUT2D eigenvalue weighted by Gasteiger charge is -2.14. The van der Waals surface area contributed by atoms with Gasteiger partial charge >= 0.3 is 11.8 Å². The molecule has 1 aliphatic heterocycles. The Morgan fingerprint density at radius 2 is 2.21 bits per heavy atom. The van der Waals surface area contributed by atoms with Crippen molar-refractivity contribution in [2.24, 2.45) is 0 Å². The van der Waals surface area contributed by atoms with Crippen molar-refractivity contribution in [2.75, 3.05) is 25.1 Å². The second-order valence-electron chi connectivity index (χ2n) is 5.55. The van der Waals surface area contributed by atoms with E-state index in [9.17, 15) is 14.4 Å². The molecule has 0 saturated carbocycles. The van der Waals surface area contributed by atoms with Crippen molar-refractivity contribution < 1.29 is 28.5 Å². The molecule has 3 rings (SSSR count). The van der Waals surface area contributed by atoms with E-state index in [0.717, 1.165) is 0 Å². The van der Waals surface area contributed by atoms with Crippen molar-refractivity contribution in [3.8, 4) is 0 Å². The summed E-state index contributed by atoms with van der Waals surface area (Å²) in [6.07, 6.45) is 1.98. The van der Waals surface area contributed by atoms with Gasteiger partial charge in [0.25, 0.3) is 5.91 Å². The van der Waals surface area contributed by atoms with Gasteiger partial charge in [-0.1, -0.05) is 0 Å². The van der Waals surface area contributed by atoms with E-state index >= 15 is 0 Å². The largest absolute Gasteiger partial charge is 0.508 e. The Morgan fingerprint density at radius 1 is 1.36 bits per heavy atom. The summed E-state index contributed by atoms with van der Waals surface area (Å²) in [7, 11) is 0. The zero-order chi connectivity index (χ0) is 19.9. The number of aromatic nitrogens is 3. The number of amides is 1. The number of ether oxygens (including phenoxy) is 4. The lowest BCUT2D eigenvalue weighted by molar-refractivity contribution is -0.108. The molecule has 28 heavy (non-hydrogen) atoms. The van der Waals surface area contributed by atoms with Gasteiger partial charge in [0, 0.05) is 18.6 Å². The SMILES string of the molecule is CCOC(=O)OC[C@H]1OC[C@@H](n2ccc(NC(=O)c3cccnc3)nc2=O)O1. The highest BCUT2D eigenvalue weighted by molar-refractivity contribution is 6.03. The molecule has 2 atom stereocenters. The van der Waals surface area contributed by atoms with Crippen molar-refractivity contribution in [1.29, 1.82) is 0 Å². The van der Waals surface area contributed by atoms with Gasteiger partial charge in [0.1, 0.15) is 12.4 Å². The molecule has 0 aromatic carbocycles. The van der Waals surface area contributed by atoms with E-state index in [1.54, 1.807) is 25.3 Å². The fourth-order valence-corrected chi connectivity index (χ4v) is 2.36. The smallest absolute Gasteiger partial charge is 0.435 e. The van der Waals surface area contributed by atoms with E-state index in [1.165, 1.54) is 23.0 Å². The first-order chi connectivity index (χ1) is 13.6. The van der Waals surface area contributed by atoms with Crippen molar-refractivity contribution in [3.63, 3.8) is 0 Å². The van der Waals surface area contributed by atoms with Crippen LogP contribution in [-0.4, -0.2) is 52.7 Å². The van der Waals surface area contributed by atoms with Crippen LogP contribution in [0.15, 0.2) is 41.6 Å². The van der Waals surface area contributed by atoms with E-state index in [2.05, 4.69) is 20.0 Å². The molecule has 1 saturated heterocycles. The standard InChI is InChI=1S/C17H18N4O7/c1-2-25-17(24)27-10-14-26-9-13(28-14)21-7-5-12(20-16(21)23)19-15(22)11-4-3-6-18-8-11/h3-8,13-14H,2,9-10H2,1H3,(H,19,20,22,23)/t13-,14-/m0/s1. The van der Waals surface area contributed by atoms with Crippen LogP contribution >= 0.6 is 0 Å². The Kier molecular flexibility index (Phi) is 6.29. The average molecular weight is 390 g/mol. The highest BCUT2D eigenvalue weighted by Gasteiger charge is 2.29. The Labute approximate surface area is 159 Å². The normalized spacial score (nSPS) is 18.5. The third-order valence-corrected chi connectivity index (χ3v) is 3.64. The molecule has 0 spiro atoms. The Balaban J connectivity index is 1.58. The van der Waals surface area contributed by atoms with Gasteiger partial charge in [0.05, 0.1) is 18.8 Å². The van der Waals surface area contributed by atoms with Gasteiger partial charge in [-0.15, -0.1) is 0 Å². The first-order valence-corrected chi connectivity index (χ1v) is 8.44. The lowest BCUT2D eigenvalue weighted by atomic mass is 10.3. The molecule has 0 bridgehead atoms. The van der Waals surface area contributed by atoms with Crippen LogP contribution in [0, 0.1) is 0 Å². The first kappa shape index (κ1) is 19.5. The lowest BCUT2D eigenvalue weighted by Crippen LogP contribution is -2.29. The quantitative estimate of drug-likeness (QED) is 0.716. The number of carbonyl (C=O) groups is 2. The highest BCUT2D eigenvalue weighted by atomic mass is 16.8. The fourth-order valence-electron chi connectivity index (χ4n) is 2.36. The highest BCUT2D eigenvalue weighted by Crippen LogP contribution is 2.20. The third kappa shape index (κ3) is 4.90. The van der Waals surface area contributed by atoms with Crippen LogP contribution < -0.4 is 11.0 Å². The third-order valence-electron chi connectivity index (χ3n) is 3.64. The minimum Gasteiger partial charge on any atom is -0.435 e. The van der Waals surface area contributed by atoms with Crippen LogP contribution in [-0.2, 0) is 18.9 Å². The fraction of sp³-hybridized carbons (Fsp3) is 0.353. The second-order valence-corrected chi connectivity index (χ2v) is 5.55. The molecule has 1 amide bonds. The molecular weight excluding hydrogens is 372 g/mol. The average Bonchev–Trinajstić information content (AvgIpc) is 3.16. The molecule has 0 aliphatic carbocycles. The molecule has 1 aliphatic rings. The van der Waals surface area contributed by atoms with E-state index in [-0.39, 0.29) is 25.6 Å². The number of rotatable bonds is 6. The predicted octanol–water partition coefficient (Wildman–Crippen LogP) is 0.935. The molecule has 148 valence electrons. The minimum atomic E-state index is -0.828. The molecule has 0 unspecified atom stereocenters. The minimum absolute atomic E-state index is 0.0693. The van der Waals surface area contributed by atoms with Crippen LogP contribution in [0.2, 0.25) is 0 Å². The number of carbonyl (C=O) groups excluding carboxylic acids is 2. The van der Waals surface area contributed by atoms with Crippen LogP contribution in [0.5, 0.6) is 0 Å².